The standard InChI is InChI=1S/C34H40FN3O3/c1-23-19-24(2)21-37(20-23)18-6-17-36-33(39)31-29-7-4-5-8-30(29)34(40)38(22-25-9-13-27(35)14-10-25)32(31)26-11-15-28(41-3)16-12-26/h4-5,7-16,23-24,31-32H,6,17-22H2,1-3H3,(H,36,39)/t23-,24+,31-,32-/m1/s1. The van der Waals surface area contributed by atoms with E-state index in [1.54, 1.807) is 30.2 Å². The molecule has 1 saturated heterocycles. The van der Waals surface area contributed by atoms with Crippen molar-refractivity contribution in [1.82, 2.24) is 15.1 Å². The number of amides is 2. The summed E-state index contributed by atoms with van der Waals surface area (Å²) in [5.74, 6) is 0.903. The van der Waals surface area contributed by atoms with Crippen molar-refractivity contribution in [2.45, 2.75) is 45.2 Å². The quantitative estimate of drug-likeness (QED) is 0.338. The van der Waals surface area contributed by atoms with Gasteiger partial charge in [-0.25, -0.2) is 4.39 Å². The summed E-state index contributed by atoms with van der Waals surface area (Å²) in [6.45, 7) is 8.60. The van der Waals surface area contributed by atoms with Crippen molar-refractivity contribution >= 4 is 11.8 Å². The number of benzene rings is 3. The highest BCUT2D eigenvalue weighted by molar-refractivity contribution is 6.01. The number of likely N-dealkylation sites (tertiary alicyclic amines) is 1. The summed E-state index contributed by atoms with van der Waals surface area (Å²) in [4.78, 5) is 32.2. The van der Waals surface area contributed by atoms with E-state index >= 15 is 0 Å². The molecule has 0 saturated carbocycles. The van der Waals surface area contributed by atoms with Crippen LogP contribution in [-0.2, 0) is 11.3 Å². The minimum atomic E-state index is -0.604. The number of carbonyl (C=O) groups is 2. The molecule has 4 atom stereocenters. The van der Waals surface area contributed by atoms with E-state index in [1.807, 2.05) is 42.5 Å². The van der Waals surface area contributed by atoms with Gasteiger partial charge in [-0.15, -0.1) is 0 Å². The third-order valence-corrected chi connectivity index (χ3v) is 8.34. The molecule has 2 aliphatic rings. The van der Waals surface area contributed by atoms with Crippen LogP contribution in [0.1, 0.15) is 65.7 Å². The fraction of sp³-hybridized carbons (Fsp3) is 0.412. The highest BCUT2D eigenvalue weighted by Crippen LogP contribution is 2.44. The number of fused-ring (bicyclic) bond motifs is 1. The number of carbonyl (C=O) groups excluding carboxylic acids is 2. The summed E-state index contributed by atoms with van der Waals surface area (Å²) in [7, 11) is 1.61. The second-order valence-corrected chi connectivity index (χ2v) is 11.7. The zero-order chi connectivity index (χ0) is 28.9. The van der Waals surface area contributed by atoms with Gasteiger partial charge in [0, 0.05) is 31.7 Å². The van der Waals surface area contributed by atoms with Crippen LogP contribution >= 0.6 is 0 Å². The van der Waals surface area contributed by atoms with Crippen LogP contribution in [0.3, 0.4) is 0 Å². The fourth-order valence-corrected chi connectivity index (χ4v) is 6.61. The maximum Gasteiger partial charge on any atom is 0.255 e. The van der Waals surface area contributed by atoms with Gasteiger partial charge in [-0.2, -0.15) is 0 Å². The van der Waals surface area contributed by atoms with E-state index in [2.05, 4.69) is 24.1 Å². The van der Waals surface area contributed by atoms with Crippen molar-refractivity contribution in [2.75, 3.05) is 33.3 Å². The minimum Gasteiger partial charge on any atom is -0.497 e. The molecule has 5 rings (SSSR count). The Morgan fingerprint density at radius 2 is 1.66 bits per heavy atom. The molecular formula is C34H40FN3O3. The summed E-state index contributed by atoms with van der Waals surface area (Å²) in [6, 6.07) is 20.6. The summed E-state index contributed by atoms with van der Waals surface area (Å²) in [5.41, 5.74) is 2.88. The van der Waals surface area contributed by atoms with E-state index in [0.29, 0.717) is 29.7 Å². The third-order valence-electron chi connectivity index (χ3n) is 8.34. The molecule has 3 aromatic rings. The predicted molar refractivity (Wildman–Crippen MR) is 158 cm³/mol. The molecular weight excluding hydrogens is 517 g/mol. The van der Waals surface area contributed by atoms with Gasteiger partial charge in [0.1, 0.15) is 11.6 Å². The van der Waals surface area contributed by atoms with E-state index in [9.17, 15) is 14.0 Å². The van der Waals surface area contributed by atoms with Crippen LogP contribution in [-0.4, -0.2) is 54.9 Å². The van der Waals surface area contributed by atoms with Gasteiger partial charge in [-0.3, -0.25) is 9.59 Å². The smallest absolute Gasteiger partial charge is 0.255 e. The maximum absolute atomic E-state index is 14.0. The Morgan fingerprint density at radius 3 is 2.34 bits per heavy atom. The van der Waals surface area contributed by atoms with Gasteiger partial charge < -0.3 is 19.9 Å². The van der Waals surface area contributed by atoms with Gasteiger partial charge in [0.2, 0.25) is 5.91 Å². The molecule has 7 heteroatoms. The van der Waals surface area contributed by atoms with Gasteiger partial charge in [0.25, 0.3) is 5.91 Å². The molecule has 2 aliphatic heterocycles. The van der Waals surface area contributed by atoms with E-state index < -0.39 is 12.0 Å². The van der Waals surface area contributed by atoms with Gasteiger partial charge in [0.15, 0.2) is 0 Å². The van der Waals surface area contributed by atoms with Crippen molar-refractivity contribution in [2.24, 2.45) is 11.8 Å². The first-order valence-electron chi connectivity index (χ1n) is 14.6. The Morgan fingerprint density at radius 1 is 0.976 bits per heavy atom. The molecule has 0 bridgehead atoms. The van der Waals surface area contributed by atoms with Crippen LogP contribution in [0.2, 0.25) is 0 Å². The molecule has 0 radical (unpaired) electrons. The second kappa shape index (κ2) is 12.9. The monoisotopic (exact) mass is 557 g/mol. The summed E-state index contributed by atoms with van der Waals surface area (Å²) in [5, 5.41) is 3.21. The lowest BCUT2D eigenvalue weighted by Crippen LogP contribution is -2.47. The molecule has 0 spiro atoms. The normalized spacial score (nSPS) is 22.7. The number of halogens is 1. The first-order chi connectivity index (χ1) is 19.8. The number of ether oxygens (including phenoxy) is 1. The minimum absolute atomic E-state index is 0.102. The van der Waals surface area contributed by atoms with Crippen molar-refractivity contribution in [1.29, 1.82) is 0 Å². The van der Waals surface area contributed by atoms with Crippen LogP contribution in [0.25, 0.3) is 0 Å². The Bertz CT molecular complexity index is 1330. The van der Waals surface area contributed by atoms with Crippen molar-refractivity contribution < 1.29 is 18.7 Å². The Balaban J connectivity index is 1.42. The Kier molecular flexibility index (Phi) is 9.03. The number of hydrogen-bond donors (Lipinski definition) is 1. The van der Waals surface area contributed by atoms with Crippen molar-refractivity contribution in [3.8, 4) is 5.75 Å². The molecule has 216 valence electrons. The molecule has 2 amide bonds. The summed E-state index contributed by atoms with van der Waals surface area (Å²) >= 11 is 0. The maximum atomic E-state index is 14.0. The molecule has 0 aliphatic carbocycles. The van der Waals surface area contributed by atoms with Crippen LogP contribution in [0, 0.1) is 17.7 Å². The van der Waals surface area contributed by atoms with E-state index in [0.717, 1.165) is 42.7 Å². The first kappa shape index (κ1) is 28.8. The number of nitrogens with zero attached hydrogens (tertiary/aromatic N) is 2. The molecule has 6 nitrogen and oxygen atoms in total. The first-order valence-corrected chi connectivity index (χ1v) is 14.6. The van der Waals surface area contributed by atoms with E-state index in [-0.39, 0.29) is 24.2 Å². The predicted octanol–water partition coefficient (Wildman–Crippen LogP) is 5.80. The Hall–Kier alpha value is -3.71. The number of methoxy groups -OCH3 is 1. The lowest BCUT2D eigenvalue weighted by molar-refractivity contribution is -0.124. The van der Waals surface area contributed by atoms with Crippen LogP contribution in [0.15, 0.2) is 72.8 Å². The number of hydrogen-bond acceptors (Lipinski definition) is 4. The topological polar surface area (TPSA) is 61.9 Å². The SMILES string of the molecule is COc1ccc([C@@H]2[C@H](C(=O)NCCCN3C[C@H](C)C[C@H](C)C3)c3ccccc3C(=O)N2Cc2ccc(F)cc2)cc1. The molecule has 1 fully saturated rings. The number of rotatable bonds is 9. The molecule has 41 heavy (non-hydrogen) atoms. The molecule has 1 N–H and O–H groups in total. The molecule has 2 heterocycles. The Labute approximate surface area is 242 Å². The van der Waals surface area contributed by atoms with Crippen LogP contribution in [0.5, 0.6) is 5.75 Å². The third kappa shape index (κ3) is 6.62. The summed E-state index contributed by atoms with van der Waals surface area (Å²) < 4.78 is 19.0. The largest absolute Gasteiger partial charge is 0.497 e. The lowest BCUT2D eigenvalue weighted by Gasteiger charge is -2.42. The average molecular weight is 558 g/mol. The van der Waals surface area contributed by atoms with E-state index in [1.165, 1.54) is 18.6 Å². The lowest BCUT2D eigenvalue weighted by atomic mass is 9.79. The molecule has 0 unspecified atom stereocenters. The van der Waals surface area contributed by atoms with E-state index in [4.69, 9.17) is 4.74 Å². The van der Waals surface area contributed by atoms with Gasteiger partial charge in [0.05, 0.1) is 19.1 Å². The molecule has 3 aromatic carbocycles. The zero-order valence-corrected chi connectivity index (χ0v) is 24.2. The second-order valence-electron chi connectivity index (χ2n) is 11.7. The van der Waals surface area contributed by atoms with Crippen LogP contribution < -0.4 is 10.1 Å². The van der Waals surface area contributed by atoms with Gasteiger partial charge >= 0.3 is 0 Å². The highest BCUT2D eigenvalue weighted by Gasteiger charge is 2.44. The fourth-order valence-electron chi connectivity index (χ4n) is 6.61. The summed E-state index contributed by atoms with van der Waals surface area (Å²) in [6.07, 6.45) is 2.14. The van der Waals surface area contributed by atoms with Crippen molar-refractivity contribution in [3.63, 3.8) is 0 Å². The zero-order valence-electron chi connectivity index (χ0n) is 24.2. The highest BCUT2D eigenvalue weighted by atomic mass is 19.1. The average Bonchev–Trinajstić information content (AvgIpc) is 2.97. The number of piperidine rings is 1. The van der Waals surface area contributed by atoms with Gasteiger partial charge in [-0.05, 0) is 78.2 Å². The van der Waals surface area contributed by atoms with Gasteiger partial charge in [-0.1, -0.05) is 56.3 Å². The number of nitrogens with one attached hydrogen (secondary N) is 1. The van der Waals surface area contributed by atoms with Crippen LogP contribution in [0.4, 0.5) is 4.39 Å². The van der Waals surface area contributed by atoms with Crippen molar-refractivity contribution in [3.05, 3.63) is 101 Å². The molecule has 0 aromatic heterocycles.